The minimum Gasteiger partial charge on any atom is -0.451 e. The summed E-state index contributed by atoms with van der Waals surface area (Å²) in [5, 5.41) is 8.73. The van der Waals surface area contributed by atoms with Gasteiger partial charge < -0.3 is 43.4 Å². The number of fused-ring (bicyclic) bond motifs is 2. The van der Waals surface area contributed by atoms with Crippen molar-refractivity contribution in [3.63, 3.8) is 0 Å². The zero-order valence-electron chi connectivity index (χ0n) is 43.2. The molecule has 0 aliphatic carbocycles. The number of halogens is 1. The van der Waals surface area contributed by atoms with Crippen molar-refractivity contribution in [2.75, 3.05) is 31.2 Å². The van der Waals surface area contributed by atoms with Crippen molar-refractivity contribution in [2.45, 2.75) is 44.8 Å². The third-order valence-electron chi connectivity index (χ3n) is 13.9. The van der Waals surface area contributed by atoms with E-state index in [1.54, 1.807) is 49.2 Å². The molecule has 0 spiro atoms. The molecule has 78 heavy (non-hydrogen) atoms. The minimum atomic E-state index is -0.435. The van der Waals surface area contributed by atoms with Crippen LogP contribution in [0.3, 0.4) is 0 Å². The van der Waals surface area contributed by atoms with Crippen LogP contribution in [0.25, 0.3) is 50.1 Å². The zero-order chi connectivity index (χ0) is 53.4. The van der Waals surface area contributed by atoms with Gasteiger partial charge in [0.25, 0.3) is 11.8 Å². The van der Waals surface area contributed by atoms with Crippen molar-refractivity contribution < 1.29 is 18.7 Å². The van der Waals surface area contributed by atoms with Gasteiger partial charge in [0.05, 0.1) is 55.4 Å². The molecule has 16 nitrogen and oxygen atoms in total. The summed E-state index contributed by atoms with van der Waals surface area (Å²) in [4.78, 5) is 55.1. The summed E-state index contributed by atoms with van der Waals surface area (Å²) < 4.78 is 17.5. The molecule has 3 N–H and O–H groups in total. The fourth-order valence-electron chi connectivity index (χ4n) is 9.91. The SMILES string of the molecule is CCCn1c(-c2ccc(-n3ccnc3)cc2)cnc1[C@H](Cc1ccccn1)NC(=O)c1cc2ccccc2[nH]1.Cn1c(-c2ccc(N3CCOCC3)cc2)cnc1[C@H](Cc1ccccn1)NC(=O)c1cc2cc(Cl)ccc2o1. The minimum absolute atomic E-state index is 0.176. The van der Waals surface area contributed by atoms with E-state index in [9.17, 15) is 9.59 Å². The lowest BCUT2D eigenvalue weighted by Crippen LogP contribution is -2.36. The normalized spacial score (nSPS) is 13.2. The van der Waals surface area contributed by atoms with Gasteiger partial charge in [-0.2, -0.15) is 0 Å². The number of amides is 2. The maximum absolute atomic E-state index is 13.5. The Hall–Kier alpha value is -9.12. The van der Waals surface area contributed by atoms with E-state index >= 15 is 0 Å². The first-order valence-electron chi connectivity index (χ1n) is 26.0. The number of nitrogens with zero attached hydrogens (tertiary/aromatic N) is 9. The van der Waals surface area contributed by atoms with Gasteiger partial charge in [-0.05, 0) is 102 Å². The van der Waals surface area contributed by atoms with Gasteiger partial charge in [0.2, 0.25) is 0 Å². The topological polar surface area (TPSA) is 179 Å². The molecule has 0 saturated carbocycles. The molecule has 1 aliphatic heterocycles. The van der Waals surface area contributed by atoms with Crippen LogP contribution in [-0.2, 0) is 31.2 Å². The lowest BCUT2D eigenvalue weighted by Gasteiger charge is -2.28. The molecule has 0 radical (unpaired) electrons. The molecule has 8 heterocycles. The highest BCUT2D eigenvalue weighted by Crippen LogP contribution is 2.30. The molecular weight excluding hydrogens is 1000 g/mol. The molecule has 7 aromatic heterocycles. The van der Waals surface area contributed by atoms with Gasteiger partial charge >= 0.3 is 0 Å². The Bertz CT molecular complexity index is 3740. The first-order valence-corrected chi connectivity index (χ1v) is 26.4. The second-order valence-electron chi connectivity index (χ2n) is 19.0. The number of aromatic amines is 1. The molecule has 17 heteroatoms. The van der Waals surface area contributed by atoms with Crippen molar-refractivity contribution in [3.05, 3.63) is 223 Å². The van der Waals surface area contributed by atoms with Gasteiger partial charge in [-0.25, -0.2) is 15.0 Å². The van der Waals surface area contributed by atoms with Gasteiger partial charge in [0, 0.05) is 108 Å². The van der Waals surface area contributed by atoms with Crippen molar-refractivity contribution in [3.8, 4) is 28.2 Å². The third kappa shape index (κ3) is 11.5. The lowest BCUT2D eigenvalue weighted by atomic mass is 10.1. The molecule has 2 atom stereocenters. The standard InChI is InChI=1S/C31H29N7O.C30H28ClN5O3/c1-2-16-38-29(22-10-12-25(13-11-22)37-17-15-32-21-37)20-34-30(38)27(19-24-8-5-6-14-33-24)36-31(39)28-18-23-7-3-4-9-26(23)35-28;1-35-26(20-5-8-24(9-6-20)36-12-14-38-15-13-36)19-33-29(35)25(18-23-4-2-3-11-32-23)34-30(37)28-17-21-16-22(31)7-10-27(21)39-28/h3-15,17-18,20-21,27,35H,2,16,19H2,1H3,(H,36,39);2-11,16-17,19,25H,12-15,18H2,1H3,(H,34,37)/t27-;25-/m00/s1. The van der Waals surface area contributed by atoms with E-state index < -0.39 is 6.04 Å². The largest absolute Gasteiger partial charge is 0.451 e. The first-order chi connectivity index (χ1) is 38.2. The number of hydrogen-bond acceptors (Lipinski definition) is 10. The van der Waals surface area contributed by atoms with E-state index in [-0.39, 0.29) is 23.6 Å². The number of imidazole rings is 3. The number of morpholine rings is 1. The summed E-state index contributed by atoms with van der Waals surface area (Å²) >= 11 is 6.11. The maximum atomic E-state index is 13.5. The summed E-state index contributed by atoms with van der Waals surface area (Å²) in [6, 6.07) is 44.3. The fraction of sp³-hybridized carbons (Fsp3) is 0.197. The summed E-state index contributed by atoms with van der Waals surface area (Å²) in [5.74, 6) is 1.24. The molecule has 11 aromatic rings. The average molecular weight is 1060 g/mol. The van der Waals surface area contributed by atoms with E-state index in [0.717, 1.165) is 107 Å². The van der Waals surface area contributed by atoms with Crippen LogP contribution in [0, 0.1) is 0 Å². The van der Waals surface area contributed by atoms with Crippen LogP contribution in [0.5, 0.6) is 0 Å². The van der Waals surface area contributed by atoms with Gasteiger partial charge in [0.1, 0.15) is 22.9 Å². The number of ether oxygens (including phenoxy) is 1. The number of para-hydroxylation sites is 1. The van der Waals surface area contributed by atoms with Crippen molar-refractivity contribution in [1.82, 2.24) is 54.2 Å². The number of benzene rings is 4. The van der Waals surface area contributed by atoms with Crippen molar-refractivity contribution in [2.24, 2.45) is 7.05 Å². The van der Waals surface area contributed by atoms with Crippen LogP contribution in [0.1, 0.15) is 69.5 Å². The predicted octanol–water partition coefficient (Wildman–Crippen LogP) is 11.2. The van der Waals surface area contributed by atoms with Crippen molar-refractivity contribution in [1.29, 1.82) is 0 Å². The van der Waals surface area contributed by atoms with Crippen LogP contribution in [0.15, 0.2) is 187 Å². The van der Waals surface area contributed by atoms with E-state index in [0.29, 0.717) is 29.1 Å². The molecule has 2 amide bonds. The Morgan fingerprint density at radius 2 is 1.33 bits per heavy atom. The number of aromatic nitrogens is 9. The van der Waals surface area contributed by atoms with E-state index in [4.69, 9.17) is 30.7 Å². The van der Waals surface area contributed by atoms with Crippen LogP contribution in [-0.4, -0.2) is 81.7 Å². The molecule has 0 bridgehead atoms. The highest BCUT2D eigenvalue weighted by Gasteiger charge is 2.27. The van der Waals surface area contributed by atoms with Gasteiger partial charge in [0.15, 0.2) is 5.76 Å². The molecule has 1 saturated heterocycles. The number of hydrogen-bond donors (Lipinski definition) is 3. The Morgan fingerprint density at radius 3 is 2.01 bits per heavy atom. The van der Waals surface area contributed by atoms with Gasteiger partial charge in [-0.1, -0.05) is 73.1 Å². The van der Waals surface area contributed by atoms with E-state index in [1.165, 1.54) is 5.69 Å². The molecule has 1 aliphatic rings. The lowest BCUT2D eigenvalue weighted by molar-refractivity contribution is 0.0905. The number of nitrogens with one attached hydrogen (secondary N) is 3. The number of furan rings is 1. The number of H-pyrrole nitrogens is 1. The Morgan fingerprint density at radius 1 is 0.679 bits per heavy atom. The van der Waals surface area contributed by atoms with Crippen LogP contribution >= 0.6 is 11.6 Å². The highest BCUT2D eigenvalue weighted by atomic mass is 35.5. The number of carbonyl (C=O) groups excluding carboxylic acids is 2. The monoisotopic (exact) mass is 1060 g/mol. The van der Waals surface area contributed by atoms with Crippen LogP contribution in [0.4, 0.5) is 5.69 Å². The molecule has 12 rings (SSSR count). The predicted molar refractivity (Wildman–Crippen MR) is 303 cm³/mol. The zero-order valence-corrected chi connectivity index (χ0v) is 43.9. The summed E-state index contributed by atoms with van der Waals surface area (Å²) in [6.07, 6.45) is 14.7. The van der Waals surface area contributed by atoms with Crippen LogP contribution in [0.2, 0.25) is 5.02 Å². The second kappa shape index (κ2) is 23.4. The quantitative estimate of drug-likeness (QED) is 0.0843. The fourth-order valence-corrected chi connectivity index (χ4v) is 10.1. The molecule has 4 aromatic carbocycles. The Balaban J connectivity index is 0.000000165. The van der Waals surface area contributed by atoms with Gasteiger partial charge in [-0.3, -0.25) is 19.6 Å². The highest BCUT2D eigenvalue weighted by molar-refractivity contribution is 6.31. The molecule has 0 unspecified atom stereocenters. The third-order valence-corrected chi connectivity index (χ3v) is 14.1. The summed E-state index contributed by atoms with van der Waals surface area (Å²) in [6.45, 7) is 6.20. The Kier molecular flexibility index (Phi) is 15.3. The smallest absolute Gasteiger partial charge is 0.287 e. The molecular formula is C61H57ClN12O4. The number of pyridine rings is 2. The van der Waals surface area contributed by atoms with Crippen LogP contribution < -0.4 is 15.5 Å². The average Bonchev–Trinajstić information content (AvgIpc) is 4.41. The van der Waals surface area contributed by atoms with Crippen molar-refractivity contribution >= 4 is 51.0 Å². The number of carbonyl (C=O) groups is 2. The maximum Gasteiger partial charge on any atom is 0.287 e. The number of anilines is 1. The van der Waals surface area contributed by atoms with Gasteiger partial charge in [-0.15, -0.1) is 0 Å². The summed E-state index contributed by atoms with van der Waals surface area (Å²) in [5.41, 5.74) is 10.1. The second-order valence-corrected chi connectivity index (χ2v) is 19.5. The first kappa shape index (κ1) is 51.0. The molecule has 1 fully saturated rings. The molecule has 392 valence electrons. The van der Waals surface area contributed by atoms with E-state index in [1.807, 2.05) is 102 Å². The van der Waals surface area contributed by atoms with E-state index in [2.05, 4.69) is 95.5 Å². The number of rotatable bonds is 16. The Labute approximate surface area is 455 Å². The summed E-state index contributed by atoms with van der Waals surface area (Å²) in [7, 11) is 1.97.